The van der Waals surface area contributed by atoms with Crippen molar-refractivity contribution in [1.29, 1.82) is 0 Å². The highest BCUT2D eigenvalue weighted by Gasteiger charge is 2.20. The van der Waals surface area contributed by atoms with Gasteiger partial charge in [-0.25, -0.2) is 4.98 Å². The van der Waals surface area contributed by atoms with Gasteiger partial charge >= 0.3 is 0 Å². The van der Waals surface area contributed by atoms with Crippen LogP contribution in [0.5, 0.6) is 0 Å². The number of carbonyl (C=O) groups is 1. The van der Waals surface area contributed by atoms with Gasteiger partial charge in [-0.05, 0) is 38.5 Å². The van der Waals surface area contributed by atoms with Crippen molar-refractivity contribution >= 4 is 33.1 Å². The van der Waals surface area contributed by atoms with Gasteiger partial charge in [0.05, 0.1) is 10.3 Å². The van der Waals surface area contributed by atoms with E-state index in [4.69, 9.17) is 0 Å². The smallest absolute Gasteiger partial charge is 0.266 e. The summed E-state index contributed by atoms with van der Waals surface area (Å²) in [7, 11) is 1.69. The molecule has 0 aliphatic rings. The molecule has 0 fully saturated rings. The van der Waals surface area contributed by atoms with Crippen LogP contribution in [-0.4, -0.2) is 15.5 Å². The zero-order chi connectivity index (χ0) is 16.7. The van der Waals surface area contributed by atoms with Crippen LogP contribution in [0.1, 0.15) is 26.6 Å². The van der Waals surface area contributed by atoms with Crippen LogP contribution in [0.25, 0.3) is 10.2 Å². The van der Waals surface area contributed by atoms with Crippen molar-refractivity contribution in [3.8, 4) is 0 Å². The van der Waals surface area contributed by atoms with Gasteiger partial charge < -0.3 is 5.32 Å². The second-order valence-electron chi connectivity index (χ2n) is 5.58. The average Bonchev–Trinajstić information content (AvgIpc) is 2.84. The van der Waals surface area contributed by atoms with Gasteiger partial charge in [-0.1, -0.05) is 17.7 Å². The predicted octanol–water partition coefficient (Wildman–Crippen LogP) is 3.17. The van der Waals surface area contributed by atoms with Crippen LogP contribution in [0, 0.1) is 20.8 Å². The van der Waals surface area contributed by atoms with E-state index in [1.807, 2.05) is 31.2 Å². The molecule has 23 heavy (non-hydrogen) atoms. The number of nitrogens with one attached hydrogen (secondary N) is 1. The Labute approximate surface area is 137 Å². The van der Waals surface area contributed by atoms with Gasteiger partial charge in [-0.15, -0.1) is 11.3 Å². The third-order valence-electron chi connectivity index (χ3n) is 3.91. The number of nitrogens with zero attached hydrogens (tertiary/aromatic N) is 2. The molecule has 6 heteroatoms. The van der Waals surface area contributed by atoms with Crippen molar-refractivity contribution in [3.05, 3.63) is 56.4 Å². The van der Waals surface area contributed by atoms with E-state index in [1.165, 1.54) is 15.9 Å². The summed E-state index contributed by atoms with van der Waals surface area (Å²) >= 11 is 1.25. The average molecular weight is 327 g/mol. The molecular formula is C17H17N3O2S. The molecule has 3 rings (SSSR count). The number of aryl methyl sites for hydroxylation is 3. The fraction of sp³-hybridized carbons (Fsp3) is 0.235. The van der Waals surface area contributed by atoms with Gasteiger partial charge in [0.15, 0.2) is 0 Å². The molecule has 3 aromatic rings. The largest absolute Gasteiger partial charge is 0.321 e. The van der Waals surface area contributed by atoms with Crippen molar-refractivity contribution in [1.82, 2.24) is 9.55 Å². The van der Waals surface area contributed by atoms with Crippen LogP contribution in [0.2, 0.25) is 0 Å². The molecule has 0 aliphatic heterocycles. The molecule has 118 valence electrons. The first-order valence-electron chi connectivity index (χ1n) is 7.23. The van der Waals surface area contributed by atoms with E-state index in [0.29, 0.717) is 26.5 Å². The van der Waals surface area contributed by atoms with Crippen molar-refractivity contribution in [2.24, 2.45) is 7.05 Å². The quantitative estimate of drug-likeness (QED) is 0.786. The lowest BCUT2D eigenvalue weighted by atomic mass is 10.2. The van der Waals surface area contributed by atoms with E-state index < -0.39 is 0 Å². The van der Waals surface area contributed by atoms with Crippen LogP contribution in [0.3, 0.4) is 0 Å². The third kappa shape index (κ3) is 2.66. The number of fused-ring (bicyclic) bond motifs is 1. The standard InChI is InChI=1S/C17H17N3O2S/c1-9-5-7-12(8-6-9)19-15(21)14-10(2)13-16(23-14)18-11(3)20(4)17(13)22/h5-8H,1-4H3,(H,19,21). The maximum atomic E-state index is 12.5. The van der Waals surface area contributed by atoms with Gasteiger partial charge in [0.1, 0.15) is 10.7 Å². The molecule has 0 atom stereocenters. The first-order valence-corrected chi connectivity index (χ1v) is 8.05. The van der Waals surface area contributed by atoms with Gasteiger partial charge in [0.25, 0.3) is 11.5 Å². The van der Waals surface area contributed by atoms with Gasteiger partial charge in [0.2, 0.25) is 0 Å². The highest BCUT2D eigenvalue weighted by molar-refractivity contribution is 7.20. The summed E-state index contributed by atoms with van der Waals surface area (Å²) in [6, 6.07) is 7.59. The minimum Gasteiger partial charge on any atom is -0.321 e. The van der Waals surface area contributed by atoms with E-state index >= 15 is 0 Å². The Morgan fingerprint density at radius 2 is 1.83 bits per heavy atom. The SMILES string of the molecule is Cc1ccc(NC(=O)c2sc3nc(C)n(C)c(=O)c3c2C)cc1. The fourth-order valence-electron chi connectivity index (χ4n) is 2.41. The molecule has 0 saturated carbocycles. The zero-order valence-electron chi connectivity index (χ0n) is 13.4. The summed E-state index contributed by atoms with van der Waals surface area (Å²) < 4.78 is 1.50. The molecule has 0 saturated heterocycles. The second-order valence-corrected chi connectivity index (χ2v) is 6.58. The number of aromatic nitrogens is 2. The van der Waals surface area contributed by atoms with E-state index in [-0.39, 0.29) is 11.5 Å². The Morgan fingerprint density at radius 3 is 2.48 bits per heavy atom. The summed E-state index contributed by atoms with van der Waals surface area (Å²) in [6.07, 6.45) is 0. The predicted molar refractivity (Wildman–Crippen MR) is 93.5 cm³/mol. The monoisotopic (exact) mass is 327 g/mol. The maximum Gasteiger partial charge on any atom is 0.266 e. The van der Waals surface area contributed by atoms with Crippen molar-refractivity contribution in [3.63, 3.8) is 0 Å². The minimum absolute atomic E-state index is 0.115. The van der Waals surface area contributed by atoms with Crippen molar-refractivity contribution in [2.45, 2.75) is 20.8 Å². The van der Waals surface area contributed by atoms with Crippen molar-refractivity contribution in [2.75, 3.05) is 5.32 Å². The maximum absolute atomic E-state index is 12.5. The molecule has 2 aromatic heterocycles. The van der Waals surface area contributed by atoms with E-state index in [2.05, 4.69) is 10.3 Å². The molecule has 0 aliphatic carbocycles. The summed E-state index contributed by atoms with van der Waals surface area (Å²) in [4.78, 5) is 30.5. The Morgan fingerprint density at radius 1 is 1.17 bits per heavy atom. The van der Waals surface area contributed by atoms with Gasteiger partial charge in [0, 0.05) is 12.7 Å². The second kappa shape index (κ2) is 5.62. The van der Waals surface area contributed by atoms with Crippen LogP contribution in [-0.2, 0) is 7.05 Å². The number of hydrogen-bond donors (Lipinski definition) is 1. The molecule has 2 heterocycles. The first kappa shape index (κ1) is 15.4. The molecule has 1 N–H and O–H groups in total. The number of thiophene rings is 1. The number of hydrogen-bond acceptors (Lipinski definition) is 4. The number of amides is 1. The highest BCUT2D eigenvalue weighted by atomic mass is 32.1. The highest BCUT2D eigenvalue weighted by Crippen LogP contribution is 2.28. The normalized spacial score (nSPS) is 11.0. The van der Waals surface area contributed by atoms with Crippen LogP contribution < -0.4 is 10.9 Å². The fourth-order valence-corrected chi connectivity index (χ4v) is 3.52. The lowest BCUT2D eigenvalue weighted by Gasteiger charge is -2.04. The topological polar surface area (TPSA) is 64.0 Å². The zero-order valence-corrected chi connectivity index (χ0v) is 14.2. The Hall–Kier alpha value is -2.47. The molecule has 0 radical (unpaired) electrons. The minimum atomic E-state index is -0.214. The van der Waals surface area contributed by atoms with Gasteiger partial charge in [-0.2, -0.15) is 0 Å². The number of rotatable bonds is 2. The number of carbonyl (C=O) groups excluding carboxylic acids is 1. The first-order chi connectivity index (χ1) is 10.9. The molecule has 0 bridgehead atoms. The molecule has 0 unspecified atom stereocenters. The van der Waals surface area contributed by atoms with Crippen LogP contribution in [0.4, 0.5) is 5.69 Å². The number of anilines is 1. The Balaban J connectivity index is 2.04. The molecule has 1 amide bonds. The van der Waals surface area contributed by atoms with E-state index in [0.717, 1.165) is 11.3 Å². The molecule has 0 spiro atoms. The lowest BCUT2D eigenvalue weighted by molar-refractivity contribution is 0.103. The Kier molecular flexibility index (Phi) is 3.77. The van der Waals surface area contributed by atoms with Crippen LogP contribution in [0.15, 0.2) is 29.1 Å². The van der Waals surface area contributed by atoms with Crippen LogP contribution >= 0.6 is 11.3 Å². The molecular weight excluding hydrogens is 310 g/mol. The Bertz CT molecular complexity index is 968. The van der Waals surface area contributed by atoms with E-state index in [1.54, 1.807) is 20.9 Å². The van der Waals surface area contributed by atoms with Gasteiger partial charge in [-0.3, -0.25) is 14.2 Å². The molecule has 1 aromatic carbocycles. The summed E-state index contributed by atoms with van der Waals surface area (Å²) in [6.45, 7) is 5.56. The summed E-state index contributed by atoms with van der Waals surface area (Å²) in [5.74, 6) is 0.420. The van der Waals surface area contributed by atoms with E-state index in [9.17, 15) is 9.59 Å². The third-order valence-corrected chi connectivity index (χ3v) is 5.10. The van der Waals surface area contributed by atoms with Crippen molar-refractivity contribution < 1.29 is 4.79 Å². The molecule has 5 nitrogen and oxygen atoms in total. The lowest BCUT2D eigenvalue weighted by Crippen LogP contribution is -2.20. The summed E-state index contributed by atoms with van der Waals surface area (Å²) in [5.41, 5.74) is 2.43. The number of benzene rings is 1. The summed E-state index contributed by atoms with van der Waals surface area (Å²) in [5, 5.41) is 3.40.